The number of hydrogen-bond acceptors (Lipinski definition) is 4. The van der Waals surface area contributed by atoms with Gasteiger partial charge >= 0.3 is 11.9 Å². The summed E-state index contributed by atoms with van der Waals surface area (Å²) in [5, 5.41) is 38.0. The lowest BCUT2D eigenvalue weighted by atomic mass is 9.87. The Balaban J connectivity index is 2.14. The van der Waals surface area contributed by atoms with E-state index in [1.165, 1.54) is 24.8 Å². The van der Waals surface area contributed by atoms with Crippen molar-refractivity contribution in [1.82, 2.24) is 0 Å². The molecule has 2 atom stereocenters. The second-order valence-corrected chi connectivity index (χ2v) is 8.23. The first kappa shape index (κ1) is 25.1. The van der Waals surface area contributed by atoms with Crippen molar-refractivity contribution in [3.8, 4) is 0 Å². The Morgan fingerprint density at radius 2 is 1.34 bits per heavy atom. The van der Waals surface area contributed by atoms with Gasteiger partial charge in [0.15, 0.2) is 0 Å². The van der Waals surface area contributed by atoms with Crippen LogP contribution in [0.3, 0.4) is 0 Å². The molecule has 0 heterocycles. The summed E-state index contributed by atoms with van der Waals surface area (Å²) < 4.78 is 0. The Bertz CT molecular complexity index is 585. The molecule has 0 spiro atoms. The molecule has 0 amide bonds. The second-order valence-electron chi connectivity index (χ2n) is 8.23. The van der Waals surface area contributed by atoms with Crippen LogP contribution in [-0.4, -0.2) is 44.1 Å². The molecule has 0 aliphatic rings. The van der Waals surface area contributed by atoms with Crippen LogP contribution in [0.1, 0.15) is 89.0 Å². The second kappa shape index (κ2) is 13.3. The van der Waals surface area contributed by atoms with E-state index in [0.29, 0.717) is 12.3 Å². The standard InChI is InChI=1S/C23H36O6/c1-18(19-12-8-6-9-13-19)11-7-4-2-3-5-10-14-20(24)15-23(29,16-21(25)26)17-22(27)28/h6,8-9,12-13,18,20,24,29H,2-5,7,10-11,14-17H2,1H3,(H,25,26)(H,27,28). The number of carboxylic acid groups (broad SMARTS) is 2. The van der Waals surface area contributed by atoms with Gasteiger partial charge in [0, 0.05) is 6.42 Å². The monoisotopic (exact) mass is 408 g/mol. The van der Waals surface area contributed by atoms with Crippen LogP contribution in [0, 0.1) is 0 Å². The summed E-state index contributed by atoms with van der Waals surface area (Å²) in [4.78, 5) is 21.7. The summed E-state index contributed by atoms with van der Waals surface area (Å²) in [6.07, 6.45) is 5.43. The van der Waals surface area contributed by atoms with Crippen molar-refractivity contribution < 1.29 is 30.0 Å². The van der Waals surface area contributed by atoms with Gasteiger partial charge in [-0.25, -0.2) is 0 Å². The first-order valence-corrected chi connectivity index (χ1v) is 10.6. The molecule has 164 valence electrons. The minimum atomic E-state index is -1.91. The Morgan fingerprint density at radius 3 is 1.86 bits per heavy atom. The third-order valence-corrected chi connectivity index (χ3v) is 5.37. The van der Waals surface area contributed by atoms with Crippen LogP contribution in [0.25, 0.3) is 0 Å². The minimum Gasteiger partial charge on any atom is -0.481 e. The third kappa shape index (κ3) is 11.6. The smallest absolute Gasteiger partial charge is 0.306 e. The molecule has 0 saturated heterocycles. The maximum atomic E-state index is 10.9. The third-order valence-electron chi connectivity index (χ3n) is 5.37. The molecule has 0 aromatic heterocycles. The van der Waals surface area contributed by atoms with E-state index in [9.17, 15) is 19.8 Å². The van der Waals surface area contributed by atoms with Crippen molar-refractivity contribution in [3.63, 3.8) is 0 Å². The van der Waals surface area contributed by atoms with E-state index >= 15 is 0 Å². The van der Waals surface area contributed by atoms with Gasteiger partial charge in [0.1, 0.15) is 0 Å². The first-order chi connectivity index (χ1) is 13.7. The van der Waals surface area contributed by atoms with Gasteiger partial charge < -0.3 is 20.4 Å². The summed E-state index contributed by atoms with van der Waals surface area (Å²) in [7, 11) is 0. The van der Waals surface area contributed by atoms with Crippen molar-refractivity contribution in [2.45, 2.75) is 95.2 Å². The zero-order valence-corrected chi connectivity index (χ0v) is 17.4. The zero-order valence-electron chi connectivity index (χ0n) is 17.4. The molecule has 1 aromatic rings. The van der Waals surface area contributed by atoms with Crippen LogP contribution < -0.4 is 0 Å². The molecule has 6 heteroatoms. The number of aliphatic hydroxyl groups excluding tert-OH is 1. The van der Waals surface area contributed by atoms with E-state index in [-0.39, 0.29) is 6.42 Å². The highest BCUT2D eigenvalue weighted by atomic mass is 16.4. The molecule has 0 aliphatic heterocycles. The molecule has 29 heavy (non-hydrogen) atoms. The normalized spacial score (nSPS) is 13.8. The van der Waals surface area contributed by atoms with Gasteiger partial charge in [0.25, 0.3) is 0 Å². The number of rotatable bonds is 16. The summed E-state index contributed by atoms with van der Waals surface area (Å²) in [6.45, 7) is 2.26. The maximum absolute atomic E-state index is 10.9. The van der Waals surface area contributed by atoms with Crippen LogP contribution in [0.4, 0.5) is 0 Å². The number of carboxylic acids is 2. The van der Waals surface area contributed by atoms with Gasteiger partial charge in [0.05, 0.1) is 24.5 Å². The zero-order chi connectivity index (χ0) is 21.7. The Labute approximate surface area is 173 Å². The fourth-order valence-corrected chi connectivity index (χ4v) is 3.80. The van der Waals surface area contributed by atoms with Crippen molar-refractivity contribution in [1.29, 1.82) is 0 Å². The molecule has 0 aliphatic carbocycles. The van der Waals surface area contributed by atoms with E-state index in [1.54, 1.807) is 0 Å². The fourth-order valence-electron chi connectivity index (χ4n) is 3.80. The highest BCUT2D eigenvalue weighted by Crippen LogP contribution is 2.25. The molecule has 2 unspecified atom stereocenters. The lowest BCUT2D eigenvalue weighted by Crippen LogP contribution is -2.38. The molecule has 0 fully saturated rings. The van der Waals surface area contributed by atoms with Gasteiger partial charge in [-0.2, -0.15) is 0 Å². The van der Waals surface area contributed by atoms with E-state index in [1.807, 2.05) is 6.07 Å². The highest BCUT2D eigenvalue weighted by Gasteiger charge is 2.35. The average Bonchev–Trinajstić information content (AvgIpc) is 2.62. The Kier molecular flexibility index (Phi) is 11.5. The number of hydrogen-bond donors (Lipinski definition) is 4. The van der Waals surface area contributed by atoms with E-state index < -0.39 is 36.5 Å². The van der Waals surface area contributed by atoms with E-state index in [4.69, 9.17) is 10.2 Å². The summed E-state index contributed by atoms with van der Waals surface area (Å²) in [5.41, 5.74) is -0.528. The van der Waals surface area contributed by atoms with Gasteiger partial charge in [-0.15, -0.1) is 0 Å². The number of aliphatic hydroxyl groups is 2. The lowest BCUT2D eigenvalue weighted by molar-refractivity contribution is -0.150. The van der Waals surface area contributed by atoms with Crippen LogP contribution in [0.15, 0.2) is 30.3 Å². The highest BCUT2D eigenvalue weighted by molar-refractivity contribution is 5.72. The van der Waals surface area contributed by atoms with Crippen LogP contribution >= 0.6 is 0 Å². The van der Waals surface area contributed by atoms with Gasteiger partial charge in [-0.1, -0.05) is 75.8 Å². The molecular formula is C23H36O6. The Hall–Kier alpha value is -1.92. The molecule has 0 bridgehead atoms. The van der Waals surface area contributed by atoms with E-state index in [0.717, 1.165) is 25.7 Å². The molecule has 1 aromatic carbocycles. The van der Waals surface area contributed by atoms with Gasteiger partial charge in [-0.05, 0) is 24.3 Å². The molecule has 0 radical (unpaired) electrons. The predicted octanol–water partition coefficient (Wildman–Crippen LogP) is 4.34. The SMILES string of the molecule is CC(CCCCCCCCC(O)CC(O)(CC(=O)O)CC(=O)O)c1ccccc1. The van der Waals surface area contributed by atoms with Crippen molar-refractivity contribution in [3.05, 3.63) is 35.9 Å². The molecule has 6 nitrogen and oxygen atoms in total. The summed E-state index contributed by atoms with van der Waals surface area (Å²) >= 11 is 0. The van der Waals surface area contributed by atoms with E-state index in [2.05, 4.69) is 31.2 Å². The summed E-state index contributed by atoms with van der Waals surface area (Å²) in [6, 6.07) is 10.5. The minimum absolute atomic E-state index is 0.233. The van der Waals surface area contributed by atoms with Crippen molar-refractivity contribution >= 4 is 11.9 Å². The fraction of sp³-hybridized carbons (Fsp3) is 0.652. The number of carbonyl (C=O) groups is 2. The van der Waals surface area contributed by atoms with Crippen LogP contribution in [0.5, 0.6) is 0 Å². The number of unbranched alkanes of at least 4 members (excludes halogenated alkanes) is 5. The maximum Gasteiger partial charge on any atom is 0.306 e. The quantitative estimate of drug-likeness (QED) is 0.302. The van der Waals surface area contributed by atoms with Crippen LogP contribution in [0.2, 0.25) is 0 Å². The number of benzene rings is 1. The largest absolute Gasteiger partial charge is 0.481 e. The molecule has 0 saturated carbocycles. The Morgan fingerprint density at radius 1 is 0.862 bits per heavy atom. The number of aliphatic carboxylic acids is 2. The first-order valence-electron chi connectivity index (χ1n) is 10.6. The van der Waals surface area contributed by atoms with Crippen molar-refractivity contribution in [2.24, 2.45) is 0 Å². The van der Waals surface area contributed by atoms with Gasteiger partial charge in [0.2, 0.25) is 0 Å². The predicted molar refractivity (Wildman–Crippen MR) is 112 cm³/mol. The average molecular weight is 409 g/mol. The molecule has 1 rings (SSSR count). The molecular weight excluding hydrogens is 372 g/mol. The van der Waals surface area contributed by atoms with Gasteiger partial charge in [-0.3, -0.25) is 9.59 Å². The molecule has 4 N–H and O–H groups in total. The van der Waals surface area contributed by atoms with Crippen molar-refractivity contribution in [2.75, 3.05) is 0 Å². The lowest BCUT2D eigenvalue weighted by Gasteiger charge is -2.27. The topological polar surface area (TPSA) is 115 Å². The summed E-state index contributed by atoms with van der Waals surface area (Å²) in [5.74, 6) is -1.98. The van der Waals surface area contributed by atoms with Crippen LogP contribution in [-0.2, 0) is 9.59 Å².